The zero-order valence-electron chi connectivity index (χ0n) is 17.0. The molecular formula is C21H20N4O6. The van der Waals surface area contributed by atoms with Gasteiger partial charge in [-0.1, -0.05) is 12.1 Å². The lowest BCUT2D eigenvalue weighted by Gasteiger charge is -2.31. The minimum Gasteiger partial charge on any atom is -0.497 e. The first-order valence-electron chi connectivity index (χ1n) is 9.64. The molecule has 0 saturated carbocycles. The number of rotatable bonds is 5. The number of imide groups is 1. The van der Waals surface area contributed by atoms with Crippen molar-refractivity contribution in [3.05, 3.63) is 68.6 Å². The number of nitrogens with zero attached hydrogens (tertiary/aromatic N) is 4. The Bertz CT molecular complexity index is 1260. The third-order valence-corrected chi connectivity index (χ3v) is 5.58. The van der Waals surface area contributed by atoms with Crippen LogP contribution >= 0.6 is 0 Å². The number of piperidine rings is 1. The number of methoxy groups -OCH3 is 1. The molecule has 1 aliphatic rings. The SMILES string of the molecule is COc1ccc(CN2C(=O)CCC(n3c(=O)n(C)c4cc([N+](=O)[O-])ccc43)C2=O)cc1. The fourth-order valence-electron chi connectivity index (χ4n) is 3.91. The number of aromatic nitrogens is 2. The molecule has 3 aromatic rings. The van der Waals surface area contributed by atoms with Crippen LogP contribution in [0.1, 0.15) is 24.4 Å². The predicted octanol–water partition coefficient (Wildman–Crippen LogP) is 2.15. The van der Waals surface area contributed by atoms with Gasteiger partial charge >= 0.3 is 5.69 Å². The largest absolute Gasteiger partial charge is 0.497 e. The maximum Gasteiger partial charge on any atom is 0.329 e. The summed E-state index contributed by atoms with van der Waals surface area (Å²) in [5, 5.41) is 11.1. The standard InChI is InChI=1S/C21H20N4O6/c1-22-18-11-14(25(29)30)5-8-16(18)24(21(22)28)17-9-10-19(26)23(20(17)27)12-13-3-6-15(31-2)7-4-13/h3-8,11,17H,9-10,12H2,1-2H3. The first kappa shape index (κ1) is 20.3. The number of hydrogen-bond acceptors (Lipinski definition) is 6. The van der Waals surface area contributed by atoms with Crippen LogP contribution in [-0.4, -0.2) is 37.9 Å². The molecule has 2 amide bonds. The summed E-state index contributed by atoms with van der Waals surface area (Å²) >= 11 is 0. The molecule has 31 heavy (non-hydrogen) atoms. The molecule has 160 valence electrons. The fourth-order valence-corrected chi connectivity index (χ4v) is 3.91. The molecule has 1 aliphatic heterocycles. The highest BCUT2D eigenvalue weighted by atomic mass is 16.6. The normalized spacial score (nSPS) is 16.7. The Hall–Kier alpha value is -3.95. The third-order valence-electron chi connectivity index (χ3n) is 5.58. The predicted molar refractivity (Wildman–Crippen MR) is 111 cm³/mol. The fraction of sp³-hybridized carbons (Fsp3) is 0.286. The van der Waals surface area contributed by atoms with E-state index in [1.165, 1.54) is 34.4 Å². The number of likely N-dealkylation sites (tertiary alicyclic amines) is 1. The highest BCUT2D eigenvalue weighted by Crippen LogP contribution is 2.29. The third kappa shape index (κ3) is 3.45. The van der Waals surface area contributed by atoms with Crippen LogP contribution in [0.25, 0.3) is 11.0 Å². The van der Waals surface area contributed by atoms with Crippen molar-refractivity contribution in [3.8, 4) is 5.75 Å². The Morgan fingerprint density at radius 1 is 1.10 bits per heavy atom. The highest BCUT2D eigenvalue weighted by Gasteiger charge is 2.37. The van der Waals surface area contributed by atoms with Crippen molar-refractivity contribution >= 4 is 28.5 Å². The monoisotopic (exact) mass is 424 g/mol. The Morgan fingerprint density at radius 3 is 2.45 bits per heavy atom. The van der Waals surface area contributed by atoms with Crippen molar-refractivity contribution in [3.63, 3.8) is 0 Å². The number of fused-ring (bicyclic) bond motifs is 1. The summed E-state index contributed by atoms with van der Waals surface area (Å²) in [5.41, 5.74) is 0.906. The smallest absolute Gasteiger partial charge is 0.329 e. The van der Waals surface area contributed by atoms with Gasteiger partial charge in [-0.05, 0) is 30.2 Å². The molecular weight excluding hydrogens is 404 g/mol. The minimum absolute atomic E-state index is 0.0865. The molecule has 1 saturated heterocycles. The molecule has 0 N–H and O–H groups in total. The number of nitro groups is 1. The van der Waals surface area contributed by atoms with Crippen molar-refractivity contribution in [2.75, 3.05) is 7.11 Å². The molecule has 0 aliphatic carbocycles. The lowest BCUT2D eigenvalue weighted by Crippen LogP contribution is -2.47. The Labute approximate surface area is 176 Å². The zero-order chi connectivity index (χ0) is 22.3. The number of nitro benzene ring substituents is 1. The molecule has 10 heteroatoms. The molecule has 2 heterocycles. The Morgan fingerprint density at radius 2 is 1.81 bits per heavy atom. The number of hydrogen-bond donors (Lipinski definition) is 0. The van der Waals surface area contributed by atoms with E-state index >= 15 is 0 Å². The van der Waals surface area contributed by atoms with Crippen LogP contribution in [-0.2, 0) is 23.2 Å². The van der Waals surface area contributed by atoms with Gasteiger partial charge in [0.05, 0.1) is 29.6 Å². The number of ether oxygens (including phenoxy) is 1. The van der Waals surface area contributed by atoms with E-state index in [0.29, 0.717) is 16.8 Å². The van der Waals surface area contributed by atoms with Gasteiger partial charge in [-0.2, -0.15) is 0 Å². The second-order valence-electron chi connectivity index (χ2n) is 7.36. The first-order valence-corrected chi connectivity index (χ1v) is 9.64. The molecule has 0 spiro atoms. The Kier molecular flexibility index (Phi) is 5.05. The van der Waals surface area contributed by atoms with E-state index in [4.69, 9.17) is 4.74 Å². The molecule has 10 nitrogen and oxygen atoms in total. The summed E-state index contributed by atoms with van der Waals surface area (Å²) in [6.45, 7) is 0.0865. The average molecular weight is 424 g/mol. The topological polar surface area (TPSA) is 117 Å². The van der Waals surface area contributed by atoms with E-state index in [1.807, 2.05) is 0 Å². The number of carbonyl (C=O) groups excluding carboxylic acids is 2. The zero-order valence-corrected chi connectivity index (χ0v) is 17.0. The van der Waals surface area contributed by atoms with Crippen molar-refractivity contribution in [2.24, 2.45) is 7.05 Å². The van der Waals surface area contributed by atoms with Crippen molar-refractivity contribution in [2.45, 2.75) is 25.4 Å². The lowest BCUT2D eigenvalue weighted by atomic mass is 10.0. The quantitative estimate of drug-likeness (QED) is 0.352. The molecule has 1 atom stereocenters. The van der Waals surface area contributed by atoms with Gasteiger partial charge in [-0.25, -0.2) is 4.79 Å². The van der Waals surface area contributed by atoms with Crippen LogP contribution in [0.3, 0.4) is 0 Å². The number of carbonyl (C=O) groups is 2. The van der Waals surface area contributed by atoms with Gasteiger partial charge in [0.1, 0.15) is 11.8 Å². The van der Waals surface area contributed by atoms with Crippen molar-refractivity contribution < 1.29 is 19.2 Å². The van der Waals surface area contributed by atoms with Crippen molar-refractivity contribution in [1.82, 2.24) is 14.0 Å². The maximum atomic E-state index is 13.2. The van der Waals surface area contributed by atoms with E-state index in [9.17, 15) is 24.5 Å². The molecule has 1 aromatic heterocycles. The average Bonchev–Trinajstić information content (AvgIpc) is 3.01. The van der Waals surface area contributed by atoms with E-state index in [2.05, 4.69) is 0 Å². The van der Waals surface area contributed by atoms with Crippen LogP contribution in [0, 0.1) is 10.1 Å². The van der Waals surface area contributed by atoms with Gasteiger partial charge in [-0.3, -0.25) is 33.7 Å². The Balaban J connectivity index is 1.71. The molecule has 4 rings (SSSR count). The summed E-state index contributed by atoms with van der Waals surface area (Å²) in [7, 11) is 3.05. The first-order chi connectivity index (χ1) is 14.8. The minimum atomic E-state index is -0.867. The van der Waals surface area contributed by atoms with E-state index in [0.717, 1.165) is 10.5 Å². The molecule has 0 radical (unpaired) electrons. The lowest BCUT2D eigenvalue weighted by molar-refractivity contribution is -0.384. The van der Waals surface area contributed by atoms with Gasteiger partial charge in [0.25, 0.3) is 11.6 Å². The number of amides is 2. The van der Waals surface area contributed by atoms with Crippen LogP contribution in [0.4, 0.5) is 5.69 Å². The summed E-state index contributed by atoms with van der Waals surface area (Å²) in [5.74, 6) is -0.115. The highest BCUT2D eigenvalue weighted by molar-refractivity contribution is 6.00. The van der Waals surface area contributed by atoms with Gasteiger partial charge in [0.2, 0.25) is 5.91 Å². The second kappa shape index (κ2) is 7.71. The van der Waals surface area contributed by atoms with E-state index < -0.39 is 22.6 Å². The van der Waals surface area contributed by atoms with Crippen LogP contribution < -0.4 is 10.4 Å². The van der Waals surface area contributed by atoms with Crippen LogP contribution in [0.15, 0.2) is 47.3 Å². The van der Waals surface area contributed by atoms with Crippen molar-refractivity contribution in [1.29, 1.82) is 0 Å². The maximum absolute atomic E-state index is 13.2. The molecule has 0 bridgehead atoms. The van der Waals surface area contributed by atoms with Gasteiger partial charge < -0.3 is 4.74 Å². The molecule has 1 fully saturated rings. The summed E-state index contributed by atoms with van der Waals surface area (Å²) in [6, 6.07) is 10.2. The second-order valence-corrected chi connectivity index (χ2v) is 7.36. The van der Waals surface area contributed by atoms with Gasteiger partial charge in [0.15, 0.2) is 0 Å². The molecule has 2 aromatic carbocycles. The number of aryl methyl sites for hydroxylation is 1. The number of imidazole rings is 1. The van der Waals surface area contributed by atoms with E-state index in [-0.39, 0.29) is 31.0 Å². The van der Waals surface area contributed by atoms with Gasteiger partial charge in [-0.15, -0.1) is 0 Å². The summed E-state index contributed by atoms with van der Waals surface area (Å²) in [6.07, 6.45) is 0.301. The van der Waals surface area contributed by atoms with Crippen LogP contribution in [0.2, 0.25) is 0 Å². The summed E-state index contributed by atoms with van der Waals surface area (Å²) < 4.78 is 7.73. The van der Waals surface area contributed by atoms with Crippen LogP contribution in [0.5, 0.6) is 5.75 Å². The number of non-ortho nitro benzene ring substituents is 1. The van der Waals surface area contributed by atoms with E-state index in [1.54, 1.807) is 31.4 Å². The summed E-state index contributed by atoms with van der Waals surface area (Å²) in [4.78, 5) is 50.4. The molecule has 1 unspecified atom stereocenters. The van der Waals surface area contributed by atoms with Gasteiger partial charge in [0, 0.05) is 25.6 Å². The number of benzene rings is 2.